The summed E-state index contributed by atoms with van der Waals surface area (Å²) in [5.74, 6) is 0.268. The maximum Gasteiger partial charge on any atom is 0.214 e. The van der Waals surface area contributed by atoms with Crippen molar-refractivity contribution in [3.8, 4) is 0 Å². The highest BCUT2D eigenvalue weighted by Gasteiger charge is 2.19. The Balaban J connectivity index is 4.09. The van der Waals surface area contributed by atoms with Crippen molar-refractivity contribution in [2.45, 2.75) is 26.2 Å². The fraction of sp³-hybridized carbons (Fsp3) is 1.00. The topological polar surface area (TPSA) is 52.7 Å². The third-order valence-electron chi connectivity index (χ3n) is 2.84. The van der Waals surface area contributed by atoms with Gasteiger partial charge in [0, 0.05) is 13.1 Å². The molecule has 0 bridgehead atoms. The van der Waals surface area contributed by atoms with Gasteiger partial charge in [0.25, 0.3) is 0 Å². The number of hydrogen-bond acceptors (Lipinski definition) is 4. The van der Waals surface area contributed by atoms with E-state index in [1.54, 1.807) is 4.31 Å². The van der Waals surface area contributed by atoms with Crippen molar-refractivity contribution in [1.29, 1.82) is 0 Å². The van der Waals surface area contributed by atoms with E-state index in [1.807, 2.05) is 28.1 Å². The maximum atomic E-state index is 12.1. The van der Waals surface area contributed by atoms with E-state index in [9.17, 15) is 8.42 Å². The van der Waals surface area contributed by atoms with Crippen LogP contribution in [0.15, 0.2) is 0 Å². The zero-order chi connectivity index (χ0) is 14.0. The molecular formula is C12H29N3O2S. The molecule has 0 unspecified atom stereocenters. The lowest BCUT2D eigenvalue weighted by atomic mass is 10.3. The Kier molecular flexibility index (Phi) is 9.63. The van der Waals surface area contributed by atoms with E-state index in [2.05, 4.69) is 10.2 Å². The molecule has 110 valence electrons. The second kappa shape index (κ2) is 9.72. The zero-order valence-corrected chi connectivity index (χ0v) is 13.1. The van der Waals surface area contributed by atoms with E-state index < -0.39 is 10.0 Å². The number of unbranched alkanes of at least 4 members (excludes halogenated alkanes) is 1. The lowest BCUT2D eigenvalue weighted by Crippen LogP contribution is -2.35. The van der Waals surface area contributed by atoms with Crippen LogP contribution in [0.1, 0.15) is 26.2 Å². The Morgan fingerprint density at radius 3 is 2.22 bits per heavy atom. The van der Waals surface area contributed by atoms with Crippen molar-refractivity contribution in [3.63, 3.8) is 0 Å². The van der Waals surface area contributed by atoms with E-state index in [0.717, 1.165) is 32.4 Å². The normalized spacial score (nSPS) is 12.6. The fourth-order valence-electron chi connectivity index (χ4n) is 1.77. The molecule has 0 amide bonds. The molecule has 0 spiro atoms. The van der Waals surface area contributed by atoms with E-state index in [0.29, 0.717) is 13.1 Å². The molecule has 18 heavy (non-hydrogen) atoms. The first-order chi connectivity index (χ1) is 8.44. The Morgan fingerprint density at radius 1 is 1.06 bits per heavy atom. The summed E-state index contributed by atoms with van der Waals surface area (Å²) in [5, 5.41) is 3.03. The number of nitrogens with zero attached hydrogens (tertiary/aromatic N) is 2. The molecule has 0 aliphatic carbocycles. The molecular weight excluding hydrogens is 250 g/mol. The van der Waals surface area contributed by atoms with Gasteiger partial charge in [-0.15, -0.1) is 0 Å². The van der Waals surface area contributed by atoms with Gasteiger partial charge in [0.05, 0.1) is 5.75 Å². The summed E-state index contributed by atoms with van der Waals surface area (Å²) in [6, 6.07) is 0. The molecule has 0 aliphatic rings. The van der Waals surface area contributed by atoms with Crippen LogP contribution in [0.3, 0.4) is 0 Å². The van der Waals surface area contributed by atoms with Gasteiger partial charge in [-0.1, -0.05) is 6.92 Å². The average Bonchev–Trinajstić information content (AvgIpc) is 2.29. The van der Waals surface area contributed by atoms with Crippen LogP contribution < -0.4 is 5.32 Å². The van der Waals surface area contributed by atoms with Crippen molar-refractivity contribution < 1.29 is 8.42 Å². The van der Waals surface area contributed by atoms with Crippen LogP contribution in [0, 0.1) is 0 Å². The zero-order valence-electron chi connectivity index (χ0n) is 12.3. The minimum Gasteiger partial charge on any atom is -0.320 e. The van der Waals surface area contributed by atoms with Crippen LogP contribution in [0.25, 0.3) is 0 Å². The second-order valence-corrected chi connectivity index (χ2v) is 6.86. The number of rotatable bonds is 11. The molecule has 0 fully saturated rings. The minimum absolute atomic E-state index is 0.268. The minimum atomic E-state index is -3.06. The van der Waals surface area contributed by atoms with Gasteiger partial charge in [-0.05, 0) is 53.5 Å². The Morgan fingerprint density at radius 2 is 1.72 bits per heavy atom. The first-order valence-electron chi connectivity index (χ1n) is 6.71. The van der Waals surface area contributed by atoms with Crippen molar-refractivity contribution in [1.82, 2.24) is 14.5 Å². The largest absolute Gasteiger partial charge is 0.320 e. The summed E-state index contributed by atoms with van der Waals surface area (Å²) in [5.41, 5.74) is 0. The molecule has 0 saturated carbocycles. The SMILES string of the molecule is CCN(CCCN(C)C)S(=O)(=O)CCCCNC. The molecule has 6 heteroatoms. The molecule has 0 aromatic rings. The third-order valence-corrected chi connectivity index (χ3v) is 4.87. The Hall–Kier alpha value is -0.170. The molecule has 1 N–H and O–H groups in total. The maximum absolute atomic E-state index is 12.1. The third kappa shape index (κ3) is 8.02. The summed E-state index contributed by atoms with van der Waals surface area (Å²) in [7, 11) is 2.82. The number of sulfonamides is 1. The summed E-state index contributed by atoms with van der Waals surface area (Å²) in [6.45, 7) is 4.90. The van der Waals surface area contributed by atoms with Gasteiger partial charge in [-0.3, -0.25) is 0 Å². The van der Waals surface area contributed by atoms with Crippen molar-refractivity contribution >= 4 is 10.0 Å². The molecule has 5 nitrogen and oxygen atoms in total. The van der Waals surface area contributed by atoms with Gasteiger partial charge in [-0.25, -0.2) is 12.7 Å². The summed E-state index contributed by atoms with van der Waals surface area (Å²) < 4.78 is 25.8. The molecule has 0 aliphatic heterocycles. The summed E-state index contributed by atoms with van der Waals surface area (Å²) in [6.07, 6.45) is 2.52. The second-order valence-electron chi connectivity index (χ2n) is 4.78. The van der Waals surface area contributed by atoms with Crippen LogP contribution >= 0.6 is 0 Å². The first-order valence-corrected chi connectivity index (χ1v) is 8.32. The molecule has 0 radical (unpaired) electrons. The monoisotopic (exact) mass is 279 g/mol. The molecule has 0 heterocycles. The fourth-order valence-corrected chi connectivity index (χ4v) is 3.40. The predicted molar refractivity (Wildman–Crippen MR) is 77.4 cm³/mol. The van der Waals surface area contributed by atoms with Crippen LogP contribution in [0.5, 0.6) is 0 Å². The highest BCUT2D eigenvalue weighted by Crippen LogP contribution is 2.06. The molecule has 0 saturated heterocycles. The standard InChI is InChI=1S/C12H29N3O2S/c1-5-15(11-8-10-14(3)4)18(16,17)12-7-6-9-13-2/h13H,5-12H2,1-4H3. The Bertz CT molecular complexity index is 292. The summed E-state index contributed by atoms with van der Waals surface area (Å²) >= 11 is 0. The van der Waals surface area contributed by atoms with Crippen LogP contribution in [0.2, 0.25) is 0 Å². The molecule has 0 aromatic carbocycles. The molecule has 0 rings (SSSR count). The van der Waals surface area contributed by atoms with Crippen LogP contribution in [0.4, 0.5) is 0 Å². The lowest BCUT2D eigenvalue weighted by molar-refractivity contribution is 0.356. The van der Waals surface area contributed by atoms with Gasteiger partial charge < -0.3 is 10.2 Å². The van der Waals surface area contributed by atoms with Crippen molar-refractivity contribution in [2.24, 2.45) is 0 Å². The lowest BCUT2D eigenvalue weighted by Gasteiger charge is -2.21. The smallest absolute Gasteiger partial charge is 0.214 e. The van der Waals surface area contributed by atoms with Crippen LogP contribution in [-0.4, -0.2) is 70.7 Å². The predicted octanol–water partition coefficient (Wildman–Crippen LogP) is 0.589. The van der Waals surface area contributed by atoms with Gasteiger partial charge in [0.2, 0.25) is 10.0 Å². The highest BCUT2D eigenvalue weighted by molar-refractivity contribution is 7.89. The average molecular weight is 279 g/mol. The van der Waals surface area contributed by atoms with Crippen molar-refractivity contribution in [3.05, 3.63) is 0 Å². The van der Waals surface area contributed by atoms with E-state index >= 15 is 0 Å². The van der Waals surface area contributed by atoms with Crippen molar-refractivity contribution in [2.75, 3.05) is 53.1 Å². The van der Waals surface area contributed by atoms with Gasteiger partial charge in [-0.2, -0.15) is 0 Å². The number of hydrogen-bond donors (Lipinski definition) is 1. The highest BCUT2D eigenvalue weighted by atomic mass is 32.2. The first kappa shape index (κ1) is 17.8. The van der Waals surface area contributed by atoms with Gasteiger partial charge in [0.1, 0.15) is 0 Å². The molecule has 0 aromatic heterocycles. The van der Waals surface area contributed by atoms with E-state index in [1.165, 1.54) is 0 Å². The van der Waals surface area contributed by atoms with Gasteiger partial charge >= 0.3 is 0 Å². The van der Waals surface area contributed by atoms with Crippen LogP contribution in [-0.2, 0) is 10.0 Å². The summed E-state index contributed by atoms with van der Waals surface area (Å²) in [4.78, 5) is 2.08. The molecule has 0 atom stereocenters. The quantitative estimate of drug-likeness (QED) is 0.563. The van der Waals surface area contributed by atoms with E-state index in [-0.39, 0.29) is 5.75 Å². The van der Waals surface area contributed by atoms with E-state index in [4.69, 9.17) is 0 Å². The van der Waals surface area contributed by atoms with Gasteiger partial charge in [0.15, 0.2) is 0 Å². The Labute approximate surface area is 113 Å². The number of nitrogens with one attached hydrogen (secondary N) is 1.